The first-order chi connectivity index (χ1) is 11.7. The zero-order valence-corrected chi connectivity index (χ0v) is 15.5. The zero-order valence-electron chi connectivity index (χ0n) is 14.6. The summed E-state index contributed by atoms with van der Waals surface area (Å²) in [6.45, 7) is 7.71. The minimum absolute atomic E-state index is 0.426. The van der Waals surface area contributed by atoms with Crippen LogP contribution >= 0.6 is 7.94 Å². The SMILES string of the molecule is CCN(CC)[P+]1([O-])N(c2cccc3ccccc23)C[C@@H]2CCCN21. The Bertz CT molecular complexity index is 730. The molecule has 2 saturated heterocycles. The molecule has 2 aliphatic heterocycles. The summed E-state index contributed by atoms with van der Waals surface area (Å²) in [6, 6.07) is 15.2. The Balaban J connectivity index is 1.86. The molecule has 24 heavy (non-hydrogen) atoms. The highest BCUT2D eigenvalue weighted by molar-refractivity contribution is 7.66. The molecule has 4 rings (SSSR count). The lowest BCUT2D eigenvalue weighted by molar-refractivity contribution is -0.193. The molecule has 2 aliphatic rings. The maximum atomic E-state index is 14.3. The van der Waals surface area contributed by atoms with Crippen LogP contribution in [0.15, 0.2) is 42.5 Å². The Labute approximate surface area is 145 Å². The summed E-state index contributed by atoms with van der Waals surface area (Å²) in [6.07, 6.45) is 2.33. The van der Waals surface area contributed by atoms with Crippen LogP contribution in [0.4, 0.5) is 5.69 Å². The van der Waals surface area contributed by atoms with E-state index in [-0.39, 0.29) is 0 Å². The van der Waals surface area contributed by atoms with E-state index >= 15 is 0 Å². The fourth-order valence-corrected chi connectivity index (χ4v) is 7.89. The van der Waals surface area contributed by atoms with E-state index in [4.69, 9.17) is 0 Å². The lowest BCUT2D eigenvalue weighted by Gasteiger charge is -2.45. The second-order valence-electron chi connectivity index (χ2n) is 6.69. The van der Waals surface area contributed by atoms with Gasteiger partial charge in [0.1, 0.15) is 0 Å². The first kappa shape index (κ1) is 16.3. The molecule has 0 bridgehead atoms. The van der Waals surface area contributed by atoms with E-state index in [0.29, 0.717) is 6.04 Å². The monoisotopic (exact) mass is 343 g/mol. The van der Waals surface area contributed by atoms with Gasteiger partial charge >= 0.3 is 0 Å². The predicted molar refractivity (Wildman–Crippen MR) is 101 cm³/mol. The van der Waals surface area contributed by atoms with E-state index in [0.717, 1.165) is 38.3 Å². The standard InChI is InChI=1S/C19H26N3OP/c1-3-20(4-2)24(23)21-14-8-11-17(21)15-22(24)19-13-7-10-16-9-5-6-12-18(16)19/h5-7,9-10,12-13,17H,3-4,8,11,14-15H2,1-2H3/t17-,24?/m0/s1. The van der Waals surface area contributed by atoms with E-state index in [1.165, 1.54) is 17.2 Å². The van der Waals surface area contributed by atoms with E-state index in [2.05, 4.69) is 70.3 Å². The molecule has 2 atom stereocenters. The van der Waals surface area contributed by atoms with Crippen molar-refractivity contribution >= 4 is 24.4 Å². The summed E-state index contributed by atoms with van der Waals surface area (Å²) < 4.78 is 6.72. The van der Waals surface area contributed by atoms with Crippen molar-refractivity contribution in [3.8, 4) is 0 Å². The fraction of sp³-hybridized carbons (Fsp3) is 0.474. The smallest absolute Gasteiger partial charge is 0.209 e. The van der Waals surface area contributed by atoms with Crippen LogP contribution in [0.25, 0.3) is 10.8 Å². The van der Waals surface area contributed by atoms with Gasteiger partial charge in [0.25, 0.3) is 0 Å². The van der Waals surface area contributed by atoms with E-state index in [1.54, 1.807) is 0 Å². The summed E-state index contributed by atoms with van der Waals surface area (Å²) in [5.74, 6) is 0. The first-order valence-corrected chi connectivity index (χ1v) is 10.6. The maximum absolute atomic E-state index is 14.3. The number of hydrogen-bond donors (Lipinski definition) is 0. The second-order valence-corrected chi connectivity index (χ2v) is 9.28. The summed E-state index contributed by atoms with van der Waals surface area (Å²) >= 11 is 0. The third-order valence-corrected chi connectivity index (χ3v) is 9.03. The molecule has 0 aromatic heterocycles. The van der Waals surface area contributed by atoms with Gasteiger partial charge in [-0.05, 0) is 38.1 Å². The van der Waals surface area contributed by atoms with Crippen LogP contribution in [0.1, 0.15) is 26.7 Å². The Morgan fingerprint density at radius 3 is 2.67 bits per heavy atom. The van der Waals surface area contributed by atoms with Gasteiger partial charge < -0.3 is 4.89 Å². The number of benzene rings is 2. The van der Waals surface area contributed by atoms with Crippen LogP contribution in [0.5, 0.6) is 0 Å². The van der Waals surface area contributed by atoms with Crippen LogP contribution < -0.4 is 9.56 Å². The average molecular weight is 343 g/mol. The number of hydrogen-bond acceptors (Lipinski definition) is 4. The minimum atomic E-state index is -2.72. The Kier molecular flexibility index (Phi) is 4.26. The topological polar surface area (TPSA) is 32.8 Å². The van der Waals surface area contributed by atoms with Crippen LogP contribution in [0.3, 0.4) is 0 Å². The lowest BCUT2D eigenvalue weighted by Crippen LogP contribution is -2.45. The first-order valence-electron chi connectivity index (χ1n) is 9.08. The van der Waals surface area contributed by atoms with Gasteiger partial charge in [-0.25, -0.2) is 4.67 Å². The zero-order chi connectivity index (χ0) is 16.7. The molecule has 2 heterocycles. The minimum Gasteiger partial charge on any atom is -0.631 e. The summed E-state index contributed by atoms with van der Waals surface area (Å²) in [7, 11) is -2.72. The molecule has 4 nitrogen and oxygen atoms in total. The molecule has 1 unspecified atom stereocenters. The van der Waals surface area contributed by atoms with Gasteiger partial charge in [0.2, 0.25) is 7.94 Å². The molecule has 0 radical (unpaired) electrons. The molecule has 0 saturated carbocycles. The average Bonchev–Trinajstić information content (AvgIpc) is 3.18. The van der Waals surface area contributed by atoms with Gasteiger partial charge in [-0.15, -0.1) is 9.34 Å². The molecule has 0 spiro atoms. The molecule has 2 aromatic carbocycles. The highest BCUT2D eigenvalue weighted by Gasteiger charge is 2.58. The molecular weight excluding hydrogens is 317 g/mol. The van der Waals surface area contributed by atoms with Crippen molar-refractivity contribution in [2.75, 3.05) is 30.8 Å². The molecule has 0 amide bonds. The maximum Gasteiger partial charge on any atom is 0.209 e. The van der Waals surface area contributed by atoms with Crippen LogP contribution in [0, 0.1) is 0 Å². The van der Waals surface area contributed by atoms with Crippen molar-refractivity contribution in [1.82, 2.24) is 9.34 Å². The predicted octanol–water partition coefficient (Wildman–Crippen LogP) is 3.50. The molecule has 2 fully saturated rings. The highest BCUT2D eigenvalue weighted by atomic mass is 31.2. The Morgan fingerprint density at radius 2 is 1.88 bits per heavy atom. The van der Waals surface area contributed by atoms with Gasteiger partial charge in [-0.3, -0.25) is 0 Å². The molecule has 5 heteroatoms. The van der Waals surface area contributed by atoms with Gasteiger partial charge in [0.05, 0.1) is 18.3 Å². The Morgan fingerprint density at radius 1 is 1.12 bits per heavy atom. The number of fused-ring (bicyclic) bond motifs is 2. The normalized spacial score (nSPS) is 27.3. The van der Waals surface area contributed by atoms with Crippen molar-refractivity contribution in [2.24, 2.45) is 0 Å². The summed E-state index contributed by atoms with van der Waals surface area (Å²) in [5, 5.41) is 2.42. The quantitative estimate of drug-likeness (QED) is 0.796. The molecule has 128 valence electrons. The van der Waals surface area contributed by atoms with Gasteiger partial charge in [0.15, 0.2) is 0 Å². The third kappa shape index (κ3) is 2.28. The largest absolute Gasteiger partial charge is 0.631 e. The number of rotatable bonds is 4. The summed E-state index contributed by atoms with van der Waals surface area (Å²) in [5.41, 5.74) is 1.12. The van der Waals surface area contributed by atoms with Crippen LogP contribution in [-0.2, 0) is 0 Å². The molecule has 0 N–H and O–H groups in total. The van der Waals surface area contributed by atoms with Crippen molar-refractivity contribution < 1.29 is 4.89 Å². The van der Waals surface area contributed by atoms with E-state index < -0.39 is 7.94 Å². The highest BCUT2D eigenvalue weighted by Crippen LogP contribution is 2.68. The third-order valence-electron chi connectivity index (χ3n) is 5.52. The van der Waals surface area contributed by atoms with E-state index in [9.17, 15) is 4.89 Å². The Hall–Kier alpha value is -1.19. The van der Waals surface area contributed by atoms with Gasteiger partial charge in [0, 0.05) is 25.0 Å². The molecule has 2 aromatic rings. The molecule has 0 aliphatic carbocycles. The van der Waals surface area contributed by atoms with Gasteiger partial charge in [-0.2, -0.15) is 0 Å². The fourth-order valence-electron chi connectivity index (χ4n) is 4.37. The van der Waals surface area contributed by atoms with Gasteiger partial charge in [-0.1, -0.05) is 36.4 Å². The van der Waals surface area contributed by atoms with Crippen LogP contribution in [-0.4, -0.2) is 41.6 Å². The van der Waals surface area contributed by atoms with Crippen molar-refractivity contribution in [3.05, 3.63) is 42.5 Å². The van der Waals surface area contributed by atoms with Crippen molar-refractivity contribution in [3.63, 3.8) is 0 Å². The number of nitrogens with zero attached hydrogens (tertiary/aromatic N) is 3. The van der Waals surface area contributed by atoms with Crippen molar-refractivity contribution in [2.45, 2.75) is 32.7 Å². The van der Waals surface area contributed by atoms with Crippen LogP contribution in [0.2, 0.25) is 0 Å². The summed E-state index contributed by atoms with van der Waals surface area (Å²) in [4.78, 5) is 14.3. The van der Waals surface area contributed by atoms with Crippen molar-refractivity contribution in [1.29, 1.82) is 0 Å². The second kappa shape index (κ2) is 6.27. The lowest BCUT2D eigenvalue weighted by atomic mass is 10.1. The van der Waals surface area contributed by atoms with E-state index in [1.807, 2.05) is 0 Å². The number of anilines is 1. The molecular formula is C19H26N3OP.